The topological polar surface area (TPSA) is 55.6 Å². The molecule has 1 heterocycles. The number of aryl methyl sites for hydroxylation is 1. The van der Waals surface area contributed by atoms with Crippen LogP contribution in [0.4, 0.5) is 10.1 Å². The summed E-state index contributed by atoms with van der Waals surface area (Å²) in [4.78, 5) is 14.5. The number of halogens is 3. The van der Waals surface area contributed by atoms with Crippen molar-refractivity contribution in [2.75, 3.05) is 25.4 Å². The molecule has 1 aliphatic rings. The van der Waals surface area contributed by atoms with E-state index in [0.29, 0.717) is 30.9 Å². The monoisotopic (exact) mass is 384 g/mol. The standard InChI is InChI=1S/C18H18ClFN2O2.ClH/c1-11-2-4-13(21)9-14(11)18(23)22-6-7-24-17(10-22)12-3-5-16(20)15(19)8-12;/h2-5,8-9,17H,6-7,10,21H2,1H3;1H. The molecule has 2 N–H and O–H groups in total. The molecule has 1 saturated heterocycles. The van der Waals surface area contributed by atoms with Crippen molar-refractivity contribution < 1.29 is 13.9 Å². The summed E-state index contributed by atoms with van der Waals surface area (Å²) >= 11 is 5.84. The van der Waals surface area contributed by atoms with Gasteiger partial charge in [-0.3, -0.25) is 4.79 Å². The number of rotatable bonds is 2. The summed E-state index contributed by atoms with van der Waals surface area (Å²) in [6.07, 6.45) is -0.331. The van der Waals surface area contributed by atoms with Gasteiger partial charge in [0.15, 0.2) is 0 Å². The minimum Gasteiger partial charge on any atom is -0.399 e. The van der Waals surface area contributed by atoms with E-state index in [9.17, 15) is 9.18 Å². The molecule has 25 heavy (non-hydrogen) atoms. The Morgan fingerprint density at radius 3 is 2.80 bits per heavy atom. The highest BCUT2D eigenvalue weighted by molar-refractivity contribution is 6.30. The molecule has 1 aliphatic heterocycles. The number of morpholine rings is 1. The maximum atomic E-state index is 13.3. The lowest BCUT2D eigenvalue weighted by molar-refractivity contribution is -0.0228. The average molecular weight is 385 g/mol. The Bertz CT molecular complexity index is 786. The number of hydrogen-bond donors (Lipinski definition) is 1. The second-order valence-electron chi connectivity index (χ2n) is 5.86. The van der Waals surface area contributed by atoms with E-state index in [4.69, 9.17) is 22.1 Å². The summed E-state index contributed by atoms with van der Waals surface area (Å²) in [6.45, 7) is 3.17. The second kappa shape index (κ2) is 8.04. The molecule has 4 nitrogen and oxygen atoms in total. The lowest BCUT2D eigenvalue weighted by atomic mass is 10.0. The Morgan fingerprint density at radius 2 is 2.08 bits per heavy atom. The maximum absolute atomic E-state index is 13.3. The number of ether oxygens (including phenoxy) is 1. The molecule has 1 amide bonds. The SMILES string of the molecule is Cc1ccc(N)cc1C(=O)N1CCOC(c2ccc(F)c(Cl)c2)C1.Cl. The molecule has 0 spiro atoms. The number of hydrogen-bond acceptors (Lipinski definition) is 3. The highest BCUT2D eigenvalue weighted by Gasteiger charge is 2.27. The third-order valence-corrected chi connectivity index (χ3v) is 4.45. The summed E-state index contributed by atoms with van der Waals surface area (Å²) in [5.41, 5.74) is 8.57. The van der Waals surface area contributed by atoms with Gasteiger partial charge < -0.3 is 15.4 Å². The van der Waals surface area contributed by atoms with Crippen molar-refractivity contribution in [3.8, 4) is 0 Å². The zero-order valence-electron chi connectivity index (χ0n) is 13.7. The van der Waals surface area contributed by atoms with Crippen molar-refractivity contribution in [3.63, 3.8) is 0 Å². The normalized spacial score (nSPS) is 17.1. The molecule has 134 valence electrons. The molecular formula is C18H19Cl2FN2O2. The molecule has 1 atom stereocenters. The van der Waals surface area contributed by atoms with E-state index in [-0.39, 0.29) is 29.4 Å². The zero-order chi connectivity index (χ0) is 17.3. The Hall–Kier alpha value is -1.82. The highest BCUT2D eigenvalue weighted by atomic mass is 35.5. The number of amides is 1. The highest BCUT2D eigenvalue weighted by Crippen LogP contribution is 2.27. The van der Waals surface area contributed by atoms with Crippen molar-refractivity contribution in [1.29, 1.82) is 0 Å². The molecule has 1 fully saturated rings. The van der Waals surface area contributed by atoms with E-state index < -0.39 is 5.82 Å². The molecule has 0 aliphatic carbocycles. The second-order valence-corrected chi connectivity index (χ2v) is 6.27. The van der Waals surface area contributed by atoms with Crippen LogP contribution in [-0.4, -0.2) is 30.5 Å². The van der Waals surface area contributed by atoms with Crippen LogP contribution in [0.1, 0.15) is 27.6 Å². The van der Waals surface area contributed by atoms with Gasteiger partial charge in [0.1, 0.15) is 11.9 Å². The van der Waals surface area contributed by atoms with Crippen LogP contribution < -0.4 is 5.73 Å². The van der Waals surface area contributed by atoms with Crippen molar-refractivity contribution in [1.82, 2.24) is 4.90 Å². The summed E-state index contributed by atoms with van der Waals surface area (Å²) in [6, 6.07) is 9.78. The predicted octanol–water partition coefficient (Wildman–Crippen LogP) is 4.01. The summed E-state index contributed by atoms with van der Waals surface area (Å²) in [5.74, 6) is -0.555. The van der Waals surface area contributed by atoms with E-state index in [1.165, 1.54) is 6.07 Å². The third-order valence-electron chi connectivity index (χ3n) is 4.16. The molecule has 0 saturated carbocycles. The summed E-state index contributed by atoms with van der Waals surface area (Å²) < 4.78 is 19.1. The van der Waals surface area contributed by atoms with Gasteiger partial charge in [0.2, 0.25) is 0 Å². The quantitative estimate of drug-likeness (QED) is 0.795. The largest absolute Gasteiger partial charge is 0.399 e. The van der Waals surface area contributed by atoms with Crippen LogP contribution in [-0.2, 0) is 4.74 Å². The van der Waals surface area contributed by atoms with Crippen molar-refractivity contribution in [3.05, 3.63) is 63.9 Å². The number of carbonyl (C=O) groups excluding carboxylic acids is 1. The number of nitrogens with two attached hydrogens (primary N) is 1. The fraction of sp³-hybridized carbons (Fsp3) is 0.278. The first-order chi connectivity index (χ1) is 11.5. The fourth-order valence-corrected chi connectivity index (χ4v) is 2.98. The van der Waals surface area contributed by atoms with Gasteiger partial charge in [-0.1, -0.05) is 23.7 Å². The van der Waals surface area contributed by atoms with Crippen molar-refractivity contribution in [2.24, 2.45) is 0 Å². The molecule has 2 aromatic rings. The molecular weight excluding hydrogens is 366 g/mol. The molecule has 3 rings (SSSR count). The number of nitrogen functional groups attached to an aromatic ring is 1. The minimum atomic E-state index is -0.473. The van der Waals surface area contributed by atoms with Gasteiger partial charge in [0, 0.05) is 17.8 Å². The maximum Gasteiger partial charge on any atom is 0.254 e. The van der Waals surface area contributed by atoms with E-state index in [0.717, 1.165) is 11.1 Å². The number of anilines is 1. The first kappa shape index (κ1) is 19.5. The Morgan fingerprint density at radius 1 is 1.32 bits per heavy atom. The van der Waals surface area contributed by atoms with Gasteiger partial charge in [-0.25, -0.2) is 4.39 Å². The predicted molar refractivity (Wildman–Crippen MR) is 98.8 cm³/mol. The van der Waals surface area contributed by atoms with Crippen LogP contribution >= 0.6 is 24.0 Å². The molecule has 0 aromatic heterocycles. The third kappa shape index (κ3) is 4.24. The van der Waals surface area contributed by atoms with Crippen LogP contribution in [0.2, 0.25) is 5.02 Å². The van der Waals surface area contributed by atoms with Gasteiger partial charge in [-0.2, -0.15) is 0 Å². The first-order valence-corrected chi connectivity index (χ1v) is 8.05. The fourth-order valence-electron chi connectivity index (χ4n) is 2.79. The minimum absolute atomic E-state index is 0. The summed E-state index contributed by atoms with van der Waals surface area (Å²) in [5, 5.41) is 0.0474. The smallest absolute Gasteiger partial charge is 0.254 e. The van der Waals surface area contributed by atoms with Crippen molar-refractivity contribution >= 4 is 35.6 Å². The lowest BCUT2D eigenvalue weighted by Gasteiger charge is -2.33. The molecule has 1 unspecified atom stereocenters. The first-order valence-electron chi connectivity index (χ1n) is 7.67. The molecule has 7 heteroatoms. The van der Waals surface area contributed by atoms with E-state index in [1.54, 1.807) is 29.2 Å². The van der Waals surface area contributed by atoms with E-state index >= 15 is 0 Å². The summed E-state index contributed by atoms with van der Waals surface area (Å²) in [7, 11) is 0. The van der Waals surface area contributed by atoms with Crippen LogP contribution in [0, 0.1) is 12.7 Å². The van der Waals surface area contributed by atoms with Gasteiger partial charge in [0.05, 0.1) is 18.2 Å². The van der Waals surface area contributed by atoms with E-state index in [2.05, 4.69) is 0 Å². The number of benzene rings is 2. The zero-order valence-corrected chi connectivity index (χ0v) is 15.2. The van der Waals surface area contributed by atoms with Gasteiger partial charge in [0.25, 0.3) is 5.91 Å². The van der Waals surface area contributed by atoms with Crippen LogP contribution in [0.5, 0.6) is 0 Å². The molecule has 2 aromatic carbocycles. The Kier molecular flexibility index (Phi) is 6.27. The van der Waals surface area contributed by atoms with Crippen LogP contribution in [0.15, 0.2) is 36.4 Å². The molecule has 0 radical (unpaired) electrons. The average Bonchev–Trinajstić information content (AvgIpc) is 2.59. The van der Waals surface area contributed by atoms with E-state index in [1.807, 2.05) is 13.0 Å². The van der Waals surface area contributed by atoms with Gasteiger partial charge in [-0.15, -0.1) is 12.4 Å². The Balaban J connectivity index is 0.00000225. The van der Waals surface area contributed by atoms with Crippen LogP contribution in [0.3, 0.4) is 0 Å². The number of carbonyl (C=O) groups is 1. The lowest BCUT2D eigenvalue weighted by Crippen LogP contribution is -2.42. The van der Waals surface area contributed by atoms with Gasteiger partial charge in [-0.05, 0) is 42.3 Å². The Labute approximate surface area is 157 Å². The van der Waals surface area contributed by atoms with Gasteiger partial charge >= 0.3 is 0 Å². The number of nitrogens with zero attached hydrogens (tertiary/aromatic N) is 1. The van der Waals surface area contributed by atoms with Crippen LogP contribution in [0.25, 0.3) is 0 Å². The molecule has 0 bridgehead atoms. The van der Waals surface area contributed by atoms with Crippen molar-refractivity contribution in [2.45, 2.75) is 13.0 Å².